The number of carbonyl (C=O) groups is 1. The number of esters is 1. The van der Waals surface area contributed by atoms with E-state index in [1.807, 2.05) is 32.3 Å². The molecule has 1 fully saturated rings. The molecule has 1 aromatic carbocycles. The third-order valence-corrected chi connectivity index (χ3v) is 4.74. The summed E-state index contributed by atoms with van der Waals surface area (Å²) < 4.78 is 10.1. The first-order valence-electron chi connectivity index (χ1n) is 7.05. The maximum absolute atomic E-state index is 11.9. The molecular formula is C16H18N2O3S. The molecule has 0 aliphatic carbocycles. The van der Waals surface area contributed by atoms with Gasteiger partial charge >= 0.3 is 5.97 Å². The molecule has 0 spiro atoms. The molecular weight excluding hydrogens is 300 g/mol. The van der Waals surface area contributed by atoms with Gasteiger partial charge in [-0.15, -0.1) is 11.3 Å². The largest absolute Gasteiger partial charge is 0.465 e. The van der Waals surface area contributed by atoms with Crippen molar-refractivity contribution >= 4 is 23.0 Å². The smallest absolute Gasteiger partial charge is 0.337 e. The van der Waals surface area contributed by atoms with Crippen LogP contribution in [0.4, 0.5) is 5.69 Å². The van der Waals surface area contributed by atoms with Crippen molar-refractivity contribution in [2.75, 3.05) is 32.3 Å². The van der Waals surface area contributed by atoms with Gasteiger partial charge in [-0.2, -0.15) is 0 Å². The fourth-order valence-electron chi connectivity index (χ4n) is 2.32. The van der Waals surface area contributed by atoms with Crippen LogP contribution in [0.2, 0.25) is 0 Å². The number of hydrogen-bond acceptors (Lipinski definition) is 6. The number of anilines is 1. The van der Waals surface area contributed by atoms with E-state index in [1.165, 1.54) is 7.11 Å². The quantitative estimate of drug-likeness (QED) is 0.811. The van der Waals surface area contributed by atoms with E-state index >= 15 is 0 Å². The summed E-state index contributed by atoms with van der Waals surface area (Å²) in [5.41, 5.74) is 2.44. The Kier molecular flexibility index (Phi) is 4.13. The summed E-state index contributed by atoms with van der Waals surface area (Å²) in [6.07, 6.45) is 1.84. The highest BCUT2D eigenvalue weighted by molar-refractivity contribution is 7.14. The molecule has 5 nitrogen and oxygen atoms in total. The van der Waals surface area contributed by atoms with Crippen LogP contribution in [0.5, 0.6) is 0 Å². The molecule has 22 heavy (non-hydrogen) atoms. The standard InChI is InChI=1S/C16H18N2O3S/c1-10-7-17-15(22-10)11-4-12(16(19)20-3)6-13(5-11)18(2)14-8-21-9-14/h4-7,14H,8-9H2,1-3H3. The highest BCUT2D eigenvalue weighted by Gasteiger charge is 2.24. The van der Waals surface area contributed by atoms with Crippen LogP contribution in [0.25, 0.3) is 10.6 Å². The van der Waals surface area contributed by atoms with Gasteiger partial charge < -0.3 is 14.4 Å². The monoisotopic (exact) mass is 318 g/mol. The summed E-state index contributed by atoms with van der Waals surface area (Å²) in [4.78, 5) is 19.6. The lowest BCUT2D eigenvalue weighted by Crippen LogP contribution is -2.47. The van der Waals surface area contributed by atoms with Gasteiger partial charge in [0.05, 0.1) is 31.9 Å². The molecule has 2 aromatic rings. The zero-order chi connectivity index (χ0) is 15.7. The topological polar surface area (TPSA) is 51.7 Å². The number of thiazole rings is 1. The van der Waals surface area contributed by atoms with Crippen LogP contribution in [0, 0.1) is 6.92 Å². The van der Waals surface area contributed by atoms with Crippen LogP contribution in [-0.2, 0) is 9.47 Å². The Morgan fingerprint density at radius 1 is 1.41 bits per heavy atom. The maximum atomic E-state index is 11.9. The lowest BCUT2D eigenvalue weighted by Gasteiger charge is -2.36. The van der Waals surface area contributed by atoms with Crippen molar-refractivity contribution in [1.29, 1.82) is 0 Å². The van der Waals surface area contributed by atoms with Crippen molar-refractivity contribution in [2.45, 2.75) is 13.0 Å². The number of methoxy groups -OCH3 is 1. The van der Waals surface area contributed by atoms with Gasteiger partial charge in [0.2, 0.25) is 0 Å². The summed E-state index contributed by atoms with van der Waals surface area (Å²) >= 11 is 1.61. The van der Waals surface area contributed by atoms with Crippen molar-refractivity contribution in [3.8, 4) is 10.6 Å². The number of carbonyl (C=O) groups excluding carboxylic acids is 1. The van der Waals surface area contributed by atoms with E-state index in [-0.39, 0.29) is 5.97 Å². The number of aryl methyl sites for hydroxylation is 1. The van der Waals surface area contributed by atoms with Gasteiger partial charge in [-0.25, -0.2) is 9.78 Å². The molecule has 1 aliphatic heterocycles. The Labute approximate surface area is 133 Å². The molecule has 1 aromatic heterocycles. The minimum atomic E-state index is -0.338. The second-order valence-corrected chi connectivity index (χ2v) is 6.57. The fraction of sp³-hybridized carbons (Fsp3) is 0.375. The predicted octanol–water partition coefficient (Wildman–Crippen LogP) is 2.74. The van der Waals surface area contributed by atoms with Crippen molar-refractivity contribution in [3.63, 3.8) is 0 Å². The molecule has 0 bridgehead atoms. The lowest BCUT2D eigenvalue weighted by molar-refractivity contribution is 0.0101. The molecule has 0 atom stereocenters. The predicted molar refractivity (Wildman–Crippen MR) is 86.6 cm³/mol. The molecule has 0 saturated carbocycles. The maximum Gasteiger partial charge on any atom is 0.337 e. The molecule has 0 unspecified atom stereocenters. The van der Waals surface area contributed by atoms with Gasteiger partial charge in [-0.05, 0) is 25.1 Å². The molecule has 2 heterocycles. The fourth-order valence-corrected chi connectivity index (χ4v) is 3.07. The molecule has 0 N–H and O–H groups in total. The highest BCUT2D eigenvalue weighted by atomic mass is 32.1. The molecule has 0 radical (unpaired) electrons. The summed E-state index contributed by atoms with van der Waals surface area (Å²) in [6.45, 7) is 3.44. The van der Waals surface area contributed by atoms with E-state index in [9.17, 15) is 4.79 Å². The van der Waals surface area contributed by atoms with Crippen LogP contribution in [0.1, 0.15) is 15.2 Å². The van der Waals surface area contributed by atoms with Gasteiger partial charge in [-0.1, -0.05) is 0 Å². The normalized spacial score (nSPS) is 14.5. The van der Waals surface area contributed by atoms with Gasteiger partial charge in [0.1, 0.15) is 5.01 Å². The van der Waals surface area contributed by atoms with E-state index in [2.05, 4.69) is 16.0 Å². The van der Waals surface area contributed by atoms with E-state index in [1.54, 1.807) is 11.3 Å². The third kappa shape index (κ3) is 2.84. The molecule has 1 saturated heterocycles. The zero-order valence-corrected chi connectivity index (χ0v) is 13.6. The number of hydrogen-bond donors (Lipinski definition) is 0. The Morgan fingerprint density at radius 3 is 2.73 bits per heavy atom. The number of rotatable bonds is 4. The first kappa shape index (κ1) is 15.0. The molecule has 3 rings (SSSR count). The minimum absolute atomic E-state index is 0.338. The average Bonchev–Trinajstić information content (AvgIpc) is 2.90. The number of likely N-dealkylation sites (N-methyl/N-ethyl adjacent to an activating group) is 1. The molecule has 0 amide bonds. The zero-order valence-electron chi connectivity index (χ0n) is 12.8. The SMILES string of the molecule is COC(=O)c1cc(-c2ncc(C)s2)cc(N(C)C2COC2)c1. The van der Waals surface area contributed by atoms with E-state index in [4.69, 9.17) is 9.47 Å². The first-order chi connectivity index (χ1) is 10.6. The Balaban J connectivity index is 2.03. The van der Waals surface area contributed by atoms with Crippen molar-refractivity contribution in [2.24, 2.45) is 0 Å². The van der Waals surface area contributed by atoms with E-state index in [0.29, 0.717) is 24.8 Å². The molecule has 116 valence electrons. The summed E-state index contributed by atoms with van der Waals surface area (Å²) in [7, 11) is 3.41. The second kappa shape index (κ2) is 6.06. The van der Waals surface area contributed by atoms with Gasteiger partial charge in [0.15, 0.2) is 0 Å². The van der Waals surface area contributed by atoms with Crippen LogP contribution < -0.4 is 4.90 Å². The summed E-state index contributed by atoms with van der Waals surface area (Å²) in [5.74, 6) is -0.338. The van der Waals surface area contributed by atoms with Crippen LogP contribution in [-0.4, -0.2) is 44.4 Å². The van der Waals surface area contributed by atoms with Crippen molar-refractivity contribution in [3.05, 3.63) is 34.8 Å². The number of nitrogens with zero attached hydrogens (tertiary/aromatic N) is 2. The van der Waals surface area contributed by atoms with Crippen molar-refractivity contribution < 1.29 is 14.3 Å². The Hall–Kier alpha value is -1.92. The van der Waals surface area contributed by atoms with Crippen LogP contribution in [0.3, 0.4) is 0 Å². The Morgan fingerprint density at radius 2 is 2.18 bits per heavy atom. The summed E-state index contributed by atoms with van der Waals surface area (Å²) in [6, 6.07) is 6.09. The van der Waals surface area contributed by atoms with Gasteiger partial charge in [0, 0.05) is 29.4 Å². The minimum Gasteiger partial charge on any atom is -0.465 e. The van der Waals surface area contributed by atoms with E-state index < -0.39 is 0 Å². The second-order valence-electron chi connectivity index (χ2n) is 5.34. The van der Waals surface area contributed by atoms with Crippen molar-refractivity contribution in [1.82, 2.24) is 4.98 Å². The third-order valence-electron chi connectivity index (χ3n) is 3.78. The lowest BCUT2D eigenvalue weighted by atomic mass is 10.1. The average molecular weight is 318 g/mol. The van der Waals surface area contributed by atoms with Gasteiger partial charge in [-0.3, -0.25) is 0 Å². The number of aromatic nitrogens is 1. The van der Waals surface area contributed by atoms with Crippen LogP contribution >= 0.6 is 11.3 Å². The molecule has 1 aliphatic rings. The van der Waals surface area contributed by atoms with Crippen LogP contribution in [0.15, 0.2) is 24.4 Å². The number of benzene rings is 1. The Bertz CT molecular complexity index is 694. The molecule has 6 heteroatoms. The summed E-state index contributed by atoms with van der Waals surface area (Å²) in [5, 5.41) is 0.905. The van der Waals surface area contributed by atoms with E-state index in [0.717, 1.165) is 21.1 Å². The first-order valence-corrected chi connectivity index (χ1v) is 7.87. The number of ether oxygens (including phenoxy) is 2. The highest BCUT2D eigenvalue weighted by Crippen LogP contribution is 2.31. The van der Waals surface area contributed by atoms with Gasteiger partial charge in [0.25, 0.3) is 0 Å².